The third-order valence-electron chi connectivity index (χ3n) is 18.0. The number of phosphoric ester groups is 2. The quantitative estimate of drug-likeness (QED) is 0.0222. The molecule has 5 atom stereocenters. The van der Waals surface area contributed by atoms with Crippen molar-refractivity contribution in [2.75, 3.05) is 39.6 Å². The normalized spacial score (nSPS) is 14.0. The summed E-state index contributed by atoms with van der Waals surface area (Å²) in [4.78, 5) is 72.8. The molecule has 0 aliphatic carbocycles. The zero-order chi connectivity index (χ0) is 70.7. The standard InChI is InChI=1S/C77H150O17P2/c1-7-9-11-13-15-17-19-21-22-25-28-32-35-41-47-53-59-74(79)87-65-72(93-77(82)62-56-50-43-37-33-29-26-23-24-27-30-34-39-45-51-57-69(3)4)67-91-95(83,84)89-63-71(78)64-90-96(85,86)92-68-73(66-88-75(80)60-54-48-44-38-40-46-52-58-70(5)6)94-76(81)61-55-49-42-36-31-20-18-16-14-12-10-8-2/h69-73,78H,7-68H2,1-6H3,(H,83,84)(H,85,86)/t71-,72-,73-/m1/s1. The van der Waals surface area contributed by atoms with Crippen molar-refractivity contribution in [2.45, 2.75) is 419 Å². The zero-order valence-corrected chi connectivity index (χ0v) is 64.5. The van der Waals surface area contributed by atoms with Crippen molar-refractivity contribution in [1.82, 2.24) is 0 Å². The summed E-state index contributed by atoms with van der Waals surface area (Å²) in [5.41, 5.74) is 0. The lowest BCUT2D eigenvalue weighted by Gasteiger charge is -2.21. The predicted octanol–water partition coefficient (Wildman–Crippen LogP) is 22.7. The molecule has 0 fully saturated rings. The molecule has 96 heavy (non-hydrogen) atoms. The number of carbonyl (C=O) groups is 4. The van der Waals surface area contributed by atoms with Gasteiger partial charge < -0.3 is 33.8 Å². The first kappa shape index (κ1) is 94.1. The van der Waals surface area contributed by atoms with Gasteiger partial charge in [-0.1, -0.05) is 350 Å². The molecule has 570 valence electrons. The Morgan fingerprint density at radius 2 is 0.479 bits per heavy atom. The highest BCUT2D eigenvalue weighted by Gasteiger charge is 2.30. The van der Waals surface area contributed by atoms with Gasteiger partial charge in [-0.05, 0) is 37.5 Å². The van der Waals surface area contributed by atoms with E-state index >= 15 is 0 Å². The van der Waals surface area contributed by atoms with E-state index in [0.717, 1.165) is 102 Å². The van der Waals surface area contributed by atoms with Gasteiger partial charge in [0, 0.05) is 25.7 Å². The fraction of sp³-hybridized carbons (Fsp3) is 0.948. The maximum Gasteiger partial charge on any atom is 0.472 e. The molecule has 0 rings (SSSR count). The van der Waals surface area contributed by atoms with Gasteiger partial charge in [-0.3, -0.25) is 37.3 Å². The molecular formula is C77H150O17P2. The highest BCUT2D eigenvalue weighted by atomic mass is 31.2. The van der Waals surface area contributed by atoms with Gasteiger partial charge in [-0.25, -0.2) is 9.13 Å². The Morgan fingerprint density at radius 1 is 0.281 bits per heavy atom. The number of unbranched alkanes of at least 4 members (excludes halogenated alkanes) is 46. The summed E-state index contributed by atoms with van der Waals surface area (Å²) >= 11 is 0. The van der Waals surface area contributed by atoms with E-state index in [2.05, 4.69) is 41.5 Å². The molecule has 0 radical (unpaired) electrons. The van der Waals surface area contributed by atoms with E-state index in [4.69, 9.17) is 37.0 Å². The zero-order valence-electron chi connectivity index (χ0n) is 62.7. The summed E-state index contributed by atoms with van der Waals surface area (Å²) in [7, 11) is -9.91. The van der Waals surface area contributed by atoms with Crippen molar-refractivity contribution in [2.24, 2.45) is 11.8 Å². The number of ether oxygens (including phenoxy) is 4. The molecule has 19 heteroatoms. The summed E-state index contributed by atoms with van der Waals surface area (Å²) in [6.45, 7) is 9.58. The molecule has 0 aromatic heterocycles. The molecule has 17 nitrogen and oxygen atoms in total. The fourth-order valence-electron chi connectivity index (χ4n) is 11.8. The minimum absolute atomic E-state index is 0.107. The van der Waals surface area contributed by atoms with E-state index in [0.29, 0.717) is 31.6 Å². The van der Waals surface area contributed by atoms with E-state index in [9.17, 15) is 43.2 Å². The van der Waals surface area contributed by atoms with Crippen LogP contribution in [0.3, 0.4) is 0 Å². The Morgan fingerprint density at radius 3 is 0.708 bits per heavy atom. The van der Waals surface area contributed by atoms with Crippen LogP contribution in [-0.2, 0) is 65.4 Å². The van der Waals surface area contributed by atoms with Gasteiger partial charge in [0.05, 0.1) is 26.4 Å². The van der Waals surface area contributed by atoms with Crippen molar-refractivity contribution in [3.63, 3.8) is 0 Å². The van der Waals surface area contributed by atoms with Gasteiger partial charge in [-0.15, -0.1) is 0 Å². The van der Waals surface area contributed by atoms with Crippen LogP contribution in [0.15, 0.2) is 0 Å². The molecule has 0 aromatic carbocycles. The topological polar surface area (TPSA) is 237 Å². The van der Waals surface area contributed by atoms with Crippen LogP contribution in [0.4, 0.5) is 0 Å². The Kier molecular flexibility index (Phi) is 67.4. The number of aliphatic hydroxyl groups is 1. The number of carbonyl (C=O) groups excluding carboxylic acids is 4. The van der Waals surface area contributed by atoms with E-state index in [-0.39, 0.29) is 25.7 Å². The minimum atomic E-state index is -4.96. The van der Waals surface area contributed by atoms with Crippen LogP contribution in [0, 0.1) is 11.8 Å². The second-order valence-corrected chi connectivity index (χ2v) is 31.6. The Labute approximate surface area is 588 Å². The number of hydrogen-bond acceptors (Lipinski definition) is 15. The molecule has 0 saturated carbocycles. The molecule has 0 aliphatic heterocycles. The molecule has 2 unspecified atom stereocenters. The van der Waals surface area contributed by atoms with E-state index in [1.54, 1.807) is 0 Å². The van der Waals surface area contributed by atoms with Crippen molar-refractivity contribution in [3.05, 3.63) is 0 Å². The van der Waals surface area contributed by atoms with Crippen LogP contribution in [0.2, 0.25) is 0 Å². The third kappa shape index (κ3) is 70.5. The van der Waals surface area contributed by atoms with Crippen molar-refractivity contribution in [1.29, 1.82) is 0 Å². The second kappa shape index (κ2) is 68.8. The first-order valence-corrected chi connectivity index (χ1v) is 43.0. The molecule has 0 spiro atoms. The fourth-order valence-corrected chi connectivity index (χ4v) is 13.4. The van der Waals surface area contributed by atoms with Crippen LogP contribution >= 0.6 is 15.6 Å². The average Bonchev–Trinajstić information content (AvgIpc) is 1.55. The molecule has 0 bridgehead atoms. The predicted molar refractivity (Wildman–Crippen MR) is 391 cm³/mol. The van der Waals surface area contributed by atoms with Crippen LogP contribution in [-0.4, -0.2) is 96.7 Å². The van der Waals surface area contributed by atoms with Crippen LogP contribution in [0.1, 0.15) is 401 Å². The highest BCUT2D eigenvalue weighted by molar-refractivity contribution is 7.47. The number of rotatable bonds is 76. The van der Waals surface area contributed by atoms with Crippen molar-refractivity contribution < 1.29 is 80.2 Å². The van der Waals surface area contributed by atoms with Crippen LogP contribution in [0.5, 0.6) is 0 Å². The summed E-state index contributed by atoms with van der Waals surface area (Å²) in [6, 6.07) is 0. The van der Waals surface area contributed by atoms with Crippen molar-refractivity contribution in [3.8, 4) is 0 Å². The molecule has 0 saturated heterocycles. The lowest BCUT2D eigenvalue weighted by molar-refractivity contribution is -0.161. The molecule has 0 aliphatic rings. The highest BCUT2D eigenvalue weighted by Crippen LogP contribution is 2.45. The van der Waals surface area contributed by atoms with E-state index in [1.165, 1.54) is 212 Å². The van der Waals surface area contributed by atoms with Crippen LogP contribution < -0.4 is 0 Å². The van der Waals surface area contributed by atoms with Gasteiger partial charge in [0.15, 0.2) is 12.2 Å². The largest absolute Gasteiger partial charge is 0.472 e. The molecule has 0 aromatic rings. The molecular weight excluding hydrogens is 1260 g/mol. The Hall–Kier alpha value is -1.94. The SMILES string of the molecule is CCCCCCCCCCCCCCCCCCC(=O)OC[C@H](COP(=O)(O)OC[C@@H](O)COP(=O)(O)OC[C@@H](COC(=O)CCCCCCCCCC(C)C)OC(=O)CCCCCCCCCCCCCC)OC(=O)CCCCCCCCCCCCCCCCCC(C)C. The van der Waals surface area contributed by atoms with Gasteiger partial charge in [0.1, 0.15) is 19.3 Å². The molecule has 0 heterocycles. The van der Waals surface area contributed by atoms with Gasteiger partial charge in [0.2, 0.25) is 0 Å². The summed E-state index contributed by atoms with van der Waals surface area (Å²) < 4.78 is 68.6. The lowest BCUT2D eigenvalue weighted by atomic mass is 10.0. The first-order chi connectivity index (χ1) is 46.4. The smallest absolute Gasteiger partial charge is 0.462 e. The van der Waals surface area contributed by atoms with E-state index in [1.807, 2.05) is 0 Å². The van der Waals surface area contributed by atoms with E-state index < -0.39 is 97.5 Å². The second-order valence-electron chi connectivity index (χ2n) is 28.7. The third-order valence-corrected chi connectivity index (χ3v) is 19.9. The van der Waals surface area contributed by atoms with Crippen molar-refractivity contribution >= 4 is 39.5 Å². The first-order valence-electron chi connectivity index (χ1n) is 40.0. The summed E-state index contributed by atoms with van der Waals surface area (Å²) in [5.74, 6) is -0.605. The Balaban J connectivity index is 5.24. The average molecular weight is 1410 g/mol. The van der Waals surface area contributed by atoms with Crippen LogP contribution in [0.25, 0.3) is 0 Å². The lowest BCUT2D eigenvalue weighted by Crippen LogP contribution is -2.30. The number of esters is 4. The number of hydrogen-bond donors (Lipinski definition) is 3. The Bertz CT molecular complexity index is 1860. The summed E-state index contributed by atoms with van der Waals surface area (Å²) in [6.07, 6.45) is 56.9. The maximum absolute atomic E-state index is 13.1. The number of aliphatic hydroxyl groups excluding tert-OH is 1. The monoisotopic (exact) mass is 1410 g/mol. The van der Waals surface area contributed by atoms with Gasteiger partial charge in [-0.2, -0.15) is 0 Å². The minimum Gasteiger partial charge on any atom is -0.462 e. The number of phosphoric acid groups is 2. The molecule has 0 amide bonds. The van der Waals surface area contributed by atoms with Gasteiger partial charge >= 0.3 is 39.5 Å². The maximum atomic E-state index is 13.1. The summed E-state index contributed by atoms with van der Waals surface area (Å²) in [5, 5.41) is 10.6. The van der Waals surface area contributed by atoms with Gasteiger partial charge in [0.25, 0.3) is 0 Å². The molecule has 3 N–H and O–H groups in total.